The van der Waals surface area contributed by atoms with Crippen LogP contribution in [0.4, 0.5) is 10.2 Å². The number of hydrogen-bond donors (Lipinski definition) is 5. The molecule has 0 unspecified atom stereocenters. The van der Waals surface area contributed by atoms with Crippen molar-refractivity contribution in [3.05, 3.63) is 29.4 Å². The van der Waals surface area contributed by atoms with E-state index in [1.165, 1.54) is 25.2 Å². The van der Waals surface area contributed by atoms with Gasteiger partial charge in [-0.2, -0.15) is 0 Å². The number of halogens is 1. The molecule has 2 bridgehead atoms. The van der Waals surface area contributed by atoms with Crippen LogP contribution < -0.4 is 16.8 Å². The van der Waals surface area contributed by atoms with E-state index in [1.807, 2.05) is 32.8 Å². The third-order valence-electron chi connectivity index (χ3n) is 14.0. The first-order chi connectivity index (χ1) is 33.9. The van der Waals surface area contributed by atoms with Crippen molar-refractivity contribution in [2.75, 3.05) is 39.2 Å². The fourth-order valence-corrected chi connectivity index (χ4v) is 10.5. The highest BCUT2D eigenvalue weighted by Crippen LogP contribution is 2.41. The van der Waals surface area contributed by atoms with E-state index in [0.29, 0.717) is 47.2 Å². The first-order valence-electron chi connectivity index (χ1n) is 24.9. The number of oxime groups is 1. The predicted molar refractivity (Wildman–Crippen MR) is 269 cm³/mol. The molecule has 7 N–H and O–H groups in total. The molecular formula is C50H77FN8O12S. The minimum Gasteiger partial charge on any atom is -0.457 e. The second-order valence-corrected chi connectivity index (χ2v) is 21.1. The summed E-state index contributed by atoms with van der Waals surface area (Å²) >= 11 is 1.32. The molecule has 2 aromatic heterocycles. The zero-order valence-corrected chi connectivity index (χ0v) is 44.4. The van der Waals surface area contributed by atoms with Gasteiger partial charge in [0.2, 0.25) is 11.8 Å². The van der Waals surface area contributed by atoms with Crippen molar-refractivity contribution < 1.29 is 62.3 Å². The van der Waals surface area contributed by atoms with Gasteiger partial charge >= 0.3 is 5.97 Å². The number of ether oxygens (including phenoxy) is 5. The third kappa shape index (κ3) is 14.1. The average Bonchev–Trinajstić information content (AvgIpc) is 3.80. The summed E-state index contributed by atoms with van der Waals surface area (Å²) in [5.41, 5.74) is 6.32. The molecule has 5 rings (SSSR count). The molecule has 0 spiro atoms. The molecule has 3 fully saturated rings. The number of hydrogen-bond acceptors (Lipinski definition) is 19. The second-order valence-electron chi connectivity index (χ2n) is 20.2. The van der Waals surface area contributed by atoms with Gasteiger partial charge in [0, 0.05) is 47.2 Å². The number of alkyl halides is 1. The number of rotatable bonds is 15. The van der Waals surface area contributed by atoms with E-state index < -0.39 is 101 Å². The van der Waals surface area contributed by atoms with Crippen LogP contribution in [0.3, 0.4) is 0 Å². The summed E-state index contributed by atoms with van der Waals surface area (Å²) in [5.74, 6) is -6.13. The standard InChI is InChI=1S/C50H77FN8O12S/c1-12-36-50(9,65)43-29(5)39(57-38(60)13-2)27(3)21-48(7,42(30(6)41(62)49(8,51)47(64)70-36)71-46-40(61)35(59(10)11)20-28(4)69-46)67-24-33(23-66-43)58-68-25-32-18-17-31(22-54-32)45-56-37(26-72-45)55-44(63)34(53)16-14-15-19-52/h17-18,22,26-30,34-36,40,42-43,46,61,65H,12-16,19-21,23-25,52-53H2,1-11H3,(H,55,63)/b57-39?,58-33+/t27-,28-,29+,30+,34+,35+,36-,40-,42-,43-,46+,48-,49+,50-/m1/s1. The molecule has 3 saturated heterocycles. The lowest BCUT2D eigenvalue weighted by Crippen LogP contribution is -2.61. The Hall–Kier alpha value is -4.23. The number of thiazole rings is 1. The minimum atomic E-state index is -3.25. The molecule has 0 aliphatic carbocycles. The molecule has 14 atom stereocenters. The Morgan fingerprint density at radius 1 is 1.10 bits per heavy atom. The number of fused-ring (bicyclic) bond motifs is 5. The van der Waals surface area contributed by atoms with Crippen LogP contribution in [0.15, 0.2) is 33.9 Å². The third-order valence-corrected chi connectivity index (χ3v) is 14.8. The highest BCUT2D eigenvalue weighted by molar-refractivity contribution is 7.13. The average molecular weight is 1030 g/mol. The second kappa shape index (κ2) is 25.3. The fraction of sp³-hybridized carbons (Fsp3) is 0.720. The Kier molecular flexibility index (Phi) is 20.6. The number of pyridine rings is 1. The first kappa shape index (κ1) is 58.7. The van der Waals surface area contributed by atoms with Crippen LogP contribution in [0.1, 0.15) is 113 Å². The number of nitrogens with one attached hydrogen (secondary N) is 1. The van der Waals surface area contributed by atoms with Gasteiger partial charge in [0.05, 0.1) is 48.9 Å². The molecule has 0 radical (unpaired) electrons. The Morgan fingerprint density at radius 3 is 2.46 bits per heavy atom. The highest BCUT2D eigenvalue weighted by Gasteiger charge is 2.57. The quantitative estimate of drug-likeness (QED) is 0.0710. The van der Waals surface area contributed by atoms with E-state index in [4.69, 9.17) is 40.0 Å². The number of nitrogens with two attached hydrogens (primary N) is 2. The molecule has 20 nitrogen and oxygen atoms in total. The number of esters is 1. The van der Waals surface area contributed by atoms with Crippen molar-refractivity contribution in [2.45, 2.75) is 180 Å². The topological polar surface area (TPSA) is 282 Å². The van der Waals surface area contributed by atoms with E-state index >= 15 is 4.39 Å². The summed E-state index contributed by atoms with van der Waals surface area (Å²) < 4.78 is 49.1. The molecule has 5 heterocycles. The van der Waals surface area contributed by atoms with E-state index in [0.717, 1.165) is 19.8 Å². The van der Waals surface area contributed by atoms with E-state index in [2.05, 4.69) is 25.4 Å². The summed E-state index contributed by atoms with van der Waals surface area (Å²) in [5, 5.41) is 33.8. The molecular weight excluding hydrogens is 956 g/mol. The molecule has 3 aliphatic rings. The lowest BCUT2D eigenvalue weighted by Gasteiger charge is -2.47. The van der Waals surface area contributed by atoms with Gasteiger partial charge in [-0.15, -0.1) is 11.3 Å². The van der Waals surface area contributed by atoms with Gasteiger partial charge in [-0.1, -0.05) is 46.2 Å². The summed E-state index contributed by atoms with van der Waals surface area (Å²) in [6.45, 7) is 13.7. The van der Waals surface area contributed by atoms with E-state index in [-0.39, 0.29) is 50.7 Å². The normalized spacial score (nSPS) is 34.7. The number of unbranched alkanes of at least 4 members (excludes halogenated alkanes) is 1. The zero-order valence-electron chi connectivity index (χ0n) is 43.6. The number of amides is 2. The van der Waals surface area contributed by atoms with Gasteiger partial charge in [0.1, 0.15) is 34.3 Å². The highest BCUT2D eigenvalue weighted by atomic mass is 32.1. The summed E-state index contributed by atoms with van der Waals surface area (Å²) in [7, 11) is 3.62. The molecule has 0 saturated carbocycles. The van der Waals surface area contributed by atoms with Crippen LogP contribution in [0.5, 0.6) is 0 Å². The fourth-order valence-electron chi connectivity index (χ4n) is 9.80. The number of aliphatic imine (C=N–C) groups is 1. The number of likely N-dealkylation sites (N-methyl/N-ethyl adjacent to an activating group) is 1. The largest absolute Gasteiger partial charge is 0.457 e. The Labute approximate surface area is 426 Å². The lowest BCUT2D eigenvalue weighted by atomic mass is 9.73. The number of nitrogens with zero attached hydrogens (tertiary/aromatic N) is 5. The minimum absolute atomic E-state index is 0.0232. The number of aliphatic hydroxyl groups excluding tert-OH is 1. The van der Waals surface area contributed by atoms with Gasteiger partial charge in [-0.25, -0.2) is 19.2 Å². The van der Waals surface area contributed by atoms with Crippen molar-refractivity contribution in [1.82, 2.24) is 14.9 Å². The maximum Gasteiger partial charge on any atom is 0.351 e. The summed E-state index contributed by atoms with van der Waals surface area (Å²) in [6.07, 6.45) is -3.04. The number of Topliss-reactive ketones (excluding diaryl/α,β-unsaturated/α-hetero) is 1. The maximum absolute atomic E-state index is 17.0. The number of carbonyl (C=O) groups excluding carboxylic acids is 4. The van der Waals surface area contributed by atoms with Crippen LogP contribution in [0.2, 0.25) is 0 Å². The molecule has 22 heteroatoms. The van der Waals surface area contributed by atoms with Gasteiger partial charge in [-0.3, -0.25) is 19.4 Å². The Morgan fingerprint density at radius 2 is 1.82 bits per heavy atom. The molecule has 0 aromatic carbocycles. The lowest BCUT2D eigenvalue weighted by molar-refractivity contribution is -0.296. The van der Waals surface area contributed by atoms with Crippen molar-refractivity contribution in [3.8, 4) is 10.6 Å². The molecule has 402 valence electrons. The number of aromatic nitrogens is 2. The number of anilines is 1. The zero-order chi connectivity index (χ0) is 53.3. The molecule has 2 amide bonds. The SMILES string of the molecule is CCC(=O)N=C1[C@H](C)C[C@@]2(C)OC/C(=N/OCc3ccc(-c4nc(NC(=O)[C@@H](N)CCCCN)cs4)cn3)CO[C@H]([C@H]1C)[C@](C)(O)[C@@H](CC)OC(=O)[C@@](C)(F)C(=O)[C@H](C)[C@H]2O[C@@H]1O[C@H](C)C[C@H](N(C)C)[C@H]1O. The van der Waals surface area contributed by atoms with E-state index in [1.54, 1.807) is 51.4 Å². The van der Waals surface area contributed by atoms with Crippen LogP contribution in [0.25, 0.3) is 10.6 Å². The van der Waals surface area contributed by atoms with Crippen molar-refractivity contribution >= 4 is 52.1 Å². The van der Waals surface area contributed by atoms with Crippen LogP contribution in [0, 0.1) is 17.8 Å². The van der Waals surface area contributed by atoms with Gasteiger partial charge < -0.3 is 60.4 Å². The molecule has 72 heavy (non-hydrogen) atoms. The van der Waals surface area contributed by atoms with Crippen LogP contribution >= 0.6 is 11.3 Å². The van der Waals surface area contributed by atoms with Crippen LogP contribution in [-0.2, 0) is 54.3 Å². The van der Waals surface area contributed by atoms with E-state index in [9.17, 15) is 29.4 Å². The number of aliphatic hydroxyl groups is 2. The Balaban J connectivity index is 1.55. The molecule has 3 aliphatic heterocycles. The maximum atomic E-state index is 17.0. The number of ketones is 1. The van der Waals surface area contributed by atoms with Crippen molar-refractivity contribution in [3.63, 3.8) is 0 Å². The van der Waals surface area contributed by atoms with Gasteiger partial charge in [0.15, 0.2) is 18.7 Å². The Bertz CT molecular complexity index is 2230. The molecule has 2 aromatic rings. The monoisotopic (exact) mass is 1030 g/mol. The van der Waals surface area contributed by atoms with Crippen LogP contribution in [-0.4, -0.2) is 160 Å². The van der Waals surface area contributed by atoms with Crippen molar-refractivity contribution in [2.24, 2.45) is 39.4 Å². The van der Waals surface area contributed by atoms with Gasteiger partial charge in [0.25, 0.3) is 5.67 Å². The van der Waals surface area contributed by atoms with Crippen molar-refractivity contribution in [1.29, 1.82) is 0 Å². The van der Waals surface area contributed by atoms with Gasteiger partial charge in [-0.05, 0) is 98.5 Å². The summed E-state index contributed by atoms with van der Waals surface area (Å²) in [6, 6.07) is 2.41. The smallest absolute Gasteiger partial charge is 0.351 e. The summed E-state index contributed by atoms with van der Waals surface area (Å²) in [4.78, 5) is 75.8. The first-order valence-corrected chi connectivity index (χ1v) is 25.8. The predicted octanol–water partition coefficient (Wildman–Crippen LogP) is 4.52. The number of carbonyl (C=O) groups is 4. The number of cyclic esters (lactones) is 1.